The van der Waals surface area contributed by atoms with E-state index in [0.717, 1.165) is 31.9 Å². The van der Waals surface area contributed by atoms with Crippen molar-refractivity contribution in [2.45, 2.75) is 20.3 Å². The fourth-order valence-corrected chi connectivity index (χ4v) is 2.00. The number of anilines is 2. The Labute approximate surface area is 120 Å². The molecule has 0 aliphatic rings. The van der Waals surface area contributed by atoms with Crippen LogP contribution in [0.1, 0.15) is 19.4 Å². The molecule has 0 atom stereocenters. The zero-order valence-corrected chi connectivity index (χ0v) is 12.1. The van der Waals surface area contributed by atoms with E-state index in [2.05, 4.69) is 63.5 Å². The molecule has 1 aromatic heterocycles. The summed E-state index contributed by atoms with van der Waals surface area (Å²) < 4.78 is 0. The van der Waals surface area contributed by atoms with Crippen molar-refractivity contribution in [1.82, 2.24) is 15.2 Å². The summed E-state index contributed by atoms with van der Waals surface area (Å²) in [6.07, 6.45) is 2.63. The van der Waals surface area contributed by atoms with Crippen molar-refractivity contribution in [3.63, 3.8) is 0 Å². The van der Waals surface area contributed by atoms with E-state index in [9.17, 15) is 0 Å². The Morgan fingerprint density at radius 3 is 2.55 bits per heavy atom. The van der Waals surface area contributed by atoms with E-state index >= 15 is 0 Å². The fraction of sp³-hybridized carbons (Fsp3) is 0.400. The third kappa shape index (κ3) is 3.91. The Bertz CT molecular complexity index is 511. The first-order valence-corrected chi connectivity index (χ1v) is 7.06. The molecular weight excluding hydrogens is 250 g/mol. The van der Waals surface area contributed by atoms with Crippen LogP contribution >= 0.6 is 0 Å². The van der Waals surface area contributed by atoms with Crippen LogP contribution in [-0.2, 0) is 6.42 Å². The van der Waals surface area contributed by atoms with E-state index in [1.54, 1.807) is 6.20 Å². The third-order valence-corrected chi connectivity index (χ3v) is 3.16. The second kappa shape index (κ2) is 7.43. The van der Waals surface area contributed by atoms with Gasteiger partial charge in [0.25, 0.3) is 0 Å². The largest absolute Gasteiger partial charge is 0.368 e. The van der Waals surface area contributed by atoms with Gasteiger partial charge in [-0.05, 0) is 25.8 Å². The Hall–Kier alpha value is -2.17. The first-order valence-electron chi connectivity index (χ1n) is 7.06. The molecule has 0 spiro atoms. The van der Waals surface area contributed by atoms with Crippen molar-refractivity contribution in [3.8, 4) is 0 Å². The van der Waals surface area contributed by atoms with Crippen molar-refractivity contribution in [2.75, 3.05) is 29.9 Å². The Morgan fingerprint density at radius 1 is 1.10 bits per heavy atom. The highest BCUT2D eigenvalue weighted by molar-refractivity contribution is 5.38. The second-order valence-electron chi connectivity index (χ2n) is 4.48. The molecule has 1 N–H and O–H groups in total. The zero-order chi connectivity index (χ0) is 14.2. The van der Waals surface area contributed by atoms with Gasteiger partial charge in [-0.3, -0.25) is 0 Å². The van der Waals surface area contributed by atoms with Crippen LogP contribution in [-0.4, -0.2) is 34.8 Å². The van der Waals surface area contributed by atoms with E-state index in [4.69, 9.17) is 0 Å². The summed E-state index contributed by atoms with van der Waals surface area (Å²) >= 11 is 0. The quantitative estimate of drug-likeness (QED) is 0.838. The normalized spacial score (nSPS) is 10.3. The molecule has 2 aromatic rings. The number of nitrogens with one attached hydrogen (secondary N) is 1. The predicted molar refractivity (Wildman–Crippen MR) is 82.0 cm³/mol. The van der Waals surface area contributed by atoms with Crippen LogP contribution in [0.5, 0.6) is 0 Å². The van der Waals surface area contributed by atoms with Crippen LogP contribution in [0.3, 0.4) is 0 Å². The van der Waals surface area contributed by atoms with Gasteiger partial charge in [0.15, 0.2) is 5.82 Å². The summed E-state index contributed by atoms with van der Waals surface area (Å²) in [5, 5.41) is 11.4. The van der Waals surface area contributed by atoms with Crippen molar-refractivity contribution in [2.24, 2.45) is 0 Å². The van der Waals surface area contributed by atoms with Crippen LogP contribution in [0, 0.1) is 0 Å². The summed E-state index contributed by atoms with van der Waals surface area (Å²) in [5.74, 6) is 1.46. The molecule has 20 heavy (non-hydrogen) atoms. The zero-order valence-electron chi connectivity index (χ0n) is 12.1. The lowest BCUT2D eigenvalue weighted by molar-refractivity contribution is 0.793. The van der Waals surface area contributed by atoms with Crippen LogP contribution in [0.15, 0.2) is 36.5 Å². The molecule has 5 nitrogen and oxygen atoms in total. The Balaban J connectivity index is 1.91. The van der Waals surface area contributed by atoms with Crippen LogP contribution in [0.25, 0.3) is 0 Å². The average Bonchev–Trinajstić information content (AvgIpc) is 2.50. The topological polar surface area (TPSA) is 53.9 Å². The maximum absolute atomic E-state index is 4.49. The average molecular weight is 271 g/mol. The molecule has 0 aliphatic heterocycles. The minimum absolute atomic E-state index is 0.680. The Morgan fingerprint density at radius 2 is 1.85 bits per heavy atom. The van der Waals surface area contributed by atoms with Gasteiger partial charge >= 0.3 is 0 Å². The van der Waals surface area contributed by atoms with Gasteiger partial charge in [-0.2, -0.15) is 10.1 Å². The van der Waals surface area contributed by atoms with Crippen molar-refractivity contribution in [3.05, 3.63) is 42.1 Å². The molecule has 1 heterocycles. The smallest absolute Gasteiger partial charge is 0.247 e. The minimum atomic E-state index is 0.680. The van der Waals surface area contributed by atoms with Gasteiger partial charge in [-0.1, -0.05) is 30.3 Å². The van der Waals surface area contributed by atoms with Gasteiger partial charge < -0.3 is 10.2 Å². The van der Waals surface area contributed by atoms with E-state index in [0.29, 0.717) is 5.95 Å². The minimum Gasteiger partial charge on any atom is -0.368 e. The summed E-state index contributed by atoms with van der Waals surface area (Å²) in [6.45, 7) is 6.77. The number of hydrogen-bond acceptors (Lipinski definition) is 5. The fourth-order valence-electron chi connectivity index (χ4n) is 2.00. The van der Waals surface area contributed by atoms with Crippen LogP contribution in [0.2, 0.25) is 0 Å². The van der Waals surface area contributed by atoms with E-state index < -0.39 is 0 Å². The summed E-state index contributed by atoms with van der Waals surface area (Å²) in [6, 6.07) is 10.4. The Kier molecular flexibility index (Phi) is 5.29. The molecule has 0 saturated carbocycles. The first kappa shape index (κ1) is 14.2. The van der Waals surface area contributed by atoms with Crippen molar-refractivity contribution >= 4 is 11.8 Å². The lowest BCUT2D eigenvalue weighted by Gasteiger charge is -2.18. The molecule has 2 rings (SSSR count). The maximum atomic E-state index is 4.49. The summed E-state index contributed by atoms with van der Waals surface area (Å²) in [5.41, 5.74) is 1.31. The number of rotatable bonds is 7. The SMILES string of the molecule is CCN(CC)c1nncc(NCCc2ccccc2)n1. The van der Waals surface area contributed by atoms with Crippen LogP contribution < -0.4 is 10.2 Å². The summed E-state index contributed by atoms with van der Waals surface area (Å²) in [7, 11) is 0. The lowest BCUT2D eigenvalue weighted by atomic mass is 10.1. The maximum Gasteiger partial charge on any atom is 0.247 e. The van der Waals surface area contributed by atoms with Crippen molar-refractivity contribution in [1.29, 1.82) is 0 Å². The highest BCUT2D eigenvalue weighted by Gasteiger charge is 2.06. The standard InChI is InChI=1S/C15H21N5/c1-3-20(4-2)15-18-14(12-17-19-15)16-11-10-13-8-6-5-7-9-13/h5-9,12H,3-4,10-11H2,1-2H3,(H,16,18,19). The van der Waals surface area contributed by atoms with Crippen molar-refractivity contribution < 1.29 is 0 Å². The molecule has 1 aromatic carbocycles. The third-order valence-electron chi connectivity index (χ3n) is 3.16. The molecule has 0 unspecified atom stereocenters. The van der Waals surface area contributed by atoms with Gasteiger partial charge in [-0.15, -0.1) is 5.10 Å². The molecule has 0 saturated heterocycles. The second-order valence-corrected chi connectivity index (χ2v) is 4.48. The van der Waals surface area contributed by atoms with Gasteiger partial charge in [0.2, 0.25) is 5.95 Å². The predicted octanol–water partition coefficient (Wildman–Crippen LogP) is 2.37. The van der Waals surface area contributed by atoms with E-state index in [1.807, 2.05) is 6.07 Å². The van der Waals surface area contributed by atoms with Gasteiger partial charge in [0, 0.05) is 19.6 Å². The lowest BCUT2D eigenvalue weighted by Crippen LogP contribution is -2.25. The molecule has 0 amide bonds. The van der Waals surface area contributed by atoms with Gasteiger partial charge in [0.1, 0.15) is 0 Å². The highest BCUT2D eigenvalue weighted by Crippen LogP contribution is 2.09. The molecular formula is C15H21N5. The van der Waals surface area contributed by atoms with Gasteiger partial charge in [-0.25, -0.2) is 0 Å². The molecule has 106 valence electrons. The number of hydrogen-bond donors (Lipinski definition) is 1. The van der Waals surface area contributed by atoms with E-state index in [-0.39, 0.29) is 0 Å². The highest BCUT2D eigenvalue weighted by atomic mass is 15.3. The number of benzene rings is 1. The molecule has 0 fully saturated rings. The number of aromatic nitrogens is 3. The monoisotopic (exact) mass is 271 g/mol. The molecule has 0 bridgehead atoms. The molecule has 5 heteroatoms. The first-order chi connectivity index (χ1) is 9.83. The van der Waals surface area contributed by atoms with Crippen LogP contribution in [0.4, 0.5) is 11.8 Å². The molecule has 0 radical (unpaired) electrons. The van der Waals surface area contributed by atoms with Gasteiger partial charge in [0.05, 0.1) is 6.20 Å². The number of nitrogens with zero attached hydrogens (tertiary/aromatic N) is 4. The molecule has 0 aliphatic carbocycles. The van der Waals surface area contributed by atoms with E-state index in [1.165, 1.54) is 5.56 Å². The summed E-state index contributed by atoms with van der Waals surface area (Å²) in [4.78, 5) is 6.57.